The fraction of sp³-hybridized carbons (Fsp3) is 0.588. The molecule has 1 N–H and O–H groups in total. The predicted molar refractivity (Wildman–Crippen MR) is 167 cm³/mol. The second-order valence-corrected chi connectivity index (χ2v) is 13.7. The summed E-state index contributed by atoms with van der Waals surface area (Å²) in [5, 5.41) is 2.86. The predicted octanol–water partition coefficient (Wildman–Crippen LogP) is 4.44. The summed E-state index contributed by atoms with van der Waals surface area (Å²) < 4.78 is 30.5. The second kappa shape index (κ2) is 13.8. The van der Waals surface area contributed by atoms with Gasteiger partial charge in [-0.1, -0.05) is 37.1 Å². The zero-order valence-corrected chi connectivity index (χ0v) is 27.3. The monoisotopic (exact) mass is 654 g/mol. The van der Waals surface area contributed by atoms with Gasteiger partial charge in [0.05, 0.1) is 26.1 Å². The first kappa shape index (κ1) is 34.1. The number of benzene rings is 1. The fourth-order valence-corrected chi connectivity index (χ4v) is 6.51. The van der Waals surface area contributed by atoms with Gasteiger partial charge in [0.15, 0.2) is 0 Å². The van der Waals surface area contributed by atoms with Crippen molar-refractivity contribution in [3.05, 3.63) is 47.3 Å². The van der Waals surface area contributed by atoms with Crippen LogP contribution in [0.3, 0.4) is 0 Å². The summed E-state index contributed by atoms with van der Waals surface area (Å²) in [7, 11) is 1.26. The maximum atomic E-state index is 14.3. The third-order valence-corrected chi connectivity index (χ3v) is 9.04. The molecule has 2 unspecified atom stereocenters. The van der Waals surface area contributed by atoms with E-state index in [2.05, 4.69) is 10.3 Å². The number of allylic oxidation sites excluding steroid dienone is 1. The summed E-state index contributed by atoms with van der Waals surface area (Å²) in [5.41, 5.74) is -0.924. The average molecular weight is 655 g/mol. The summed E-state index contributed by atoms with van der Waals surface area (Å²) in [4.78, 5) is 73.2. The van der Waals surface area contributed by atoms with Crippen molar-refractivity contribution in [2.75, 3.05) is 13.7 Å². The number of fused-ring (bicyclic) bond motifs is 3. The van der Waals surface area contributed by atoms with Crippen LogP contribution < -0.4 is 5.32 Å². The van der Waals surface area contributed by atoms with Crippen molar-refractivity contribution < 1.29 is 42.6 Å². The van der Waals surface area contributed by atoms with Gasteiger partial charge < -0.3 is 24.4 Å². The normalized spacial score (nSPS) is 28.7. The highest BCUT2D eigenvalue weighted by atomic mass is 19.1. The molecule has 5 atom stereocenters. The van der Waals surface area contributed by atoms with Crippen molar-refractivity contribution >= 4 is 36.2 Å². The number of hydrogen-bond acceptors (Lipinski definition) is 8. The van der Waals surface area contributed by atoms with Crippen molar-refractivity contribution in [2.24, 2.45) is 16.8 Å². The molecule has 12 nitrogen and oxygen atoms in total. The van der Waals surface area contributed by atoms with Crippen LogP contribution in [0.4, 0.5) is 14.0 Å². The van der Waals surface area contributed by atoms with Crippen LogP contribution in [0.2, 0.25) is 0 Å². The van der Waals surface area contributed by atoms with Crippen LogP contribution in [-0.4, -0.2) is 82.9 Å². The van der Waals surface area contributed by atoms with Gasteiger partial charge in [-0.15, -0.1) is 0 Å². The molecule has 13 heteroatoms. The minimum atomic E-state index is -1.25. The lowest BCUT2D eigenvalue weighted by Gasteiger charge is -2.28. The number of ether oxygens (including phenoxy) is 3. The molecule has 47 heavy (non-hydrogen) atoms. The molecule has 4 aliphatic rings. The van der Waals surface area contributed by atoms with Crippen molar-refractivity contribution in [3.8, 4) is 0 Å². The third-order valence-electron chi connectivity index (χ3n) is 9.04. The first-order valence-corrected chi connectivity index (χ1v) is 16.2. The second-order valence-electron chi connectivity index (χ2n) is 13.7. The molecule has 0 bridgehead atoms. The number of carbonyl (C=O) groups excluding carboxylic acids is 5. The summed E-state index contributed by atoms with van der Waals surface area (Å²) in [6, 6.07) is 3.59. The molecule has 5 rings (SSSR count). The molecule has 2 fully saturated rings. The molecule has 3 aliphatic heterocycles. The smallest absolute Gasteiger partial charge is 0.433 e. The maximum Gasteiger partial charge on any atom is 0.433 e. The summed E-state index contributed by atoms with van der Waals surface area (Å²) in [6.07, 6.45) is 6.59. The lowest BCUT2D eigenvalue weighted by Crippen LogP contribution is -2.54. The highest BCUT2D eigenvalue weighted by Gasteiger charge is 2.62. The molecule has 1 aromatic carbocycles. The largest absolute Gasteiger partial charge is 0.467 e. The zero-order valence-electron chi connectivity index (χ0n) is 27.3. The molecule has 1 saturated carbocycles. The minimum absolute atomic E-state index is 0.0217. The van der Waals surface area contributed by atoms with E-state index in [1.165, 1.54) is 29.2 Å². The first-order valence-electron chi connectivity index (χ1n) is 16.2. The van der Waals surface area contributed by atoms with Crippen molar-refractivity contribution in [2.45, 2.75) is 102 Å². The Morgan fingerprint density at radius 3 is 2.64 bits per heavy atom. The molecule has 1 aliphatic carbocycles. The number of aliphatic imine (C=N–C) groups is 1. The first-order chi connectivity index (χ1) is 22.3. The van der Waals surface area contributed by atoms with E-state index in [9.17, 15) is 28.4 Å². The van der Waals surface area contributed by atoms with E-state index in [-0.39, 0.29) is 32.0 Å². The van der Waals surface area contributed by atoms with Gasteiger partial charge in [-0.3, -0.25) is 14.5 Å². The van der Waals surface area contributed by atoms with Crippen LogP contribution in [0.15, 0.2) is 35.3 Å². The Bertz CT molecular complexity index is 1470. The Morgan fingerprint density at radius 1 is 1.13 bits per heavy atom. The number of amides is 4. The Labute approximate surface area is 273 Å². The molecule has 0 aromatic heterocycles. The molecule has 1 saturated heterocycles. The van der Waals surface area contributed by atoms with Gasteiger partial charge >= 0.3 is 18.2 Å². The highest BCUT2D eigenvalue weighted by Crippen LogP contribution is 2.46. The molecule has 254 valence electrons. The maximum absolute atomic E-state index is 14.3. The topological polar surface area (TPSA) is 144 Å². The summed E-state index contributed by atoms with van der Waals surface area (Å²) >= 11 is 0. The van der Waals surface area contributed by atoms with E-state index < -0.39 is 65.0 Å². The van der Waals surface area contributed by atoms with Crippen LogP contribution in [0, 0.1) is 17.7 Å². The molecule has 0 spiro atoms. The van der Waals surface area contributed by atoms with Gasteiger partial charge in [0.1, 0.15) is 29.1 Å². The zero-order chi connectivity index (χ0) is 33.9. The van der Waals surface area contributed by atoms with E-state index in [0.29, 0.717) is 30.4 Å². The summed E-state index contributed by atoms with van der Waals surface area (Å²) in [6.45, 7) is 5.25. The average Bonchev–Trinajstić information content (AvgIpc) is 3.32. The number of carbonyl (C=O) groups is 5. The lowest BCUT2D eigenvalue weighted by molar-refractivity contribution is -0.148. The van der Waals surface area contributed by atoms with Gasteiger partial charge in [0.2, 0.25) is 11.8 Å². The Balaban J connectivity index is 1.39. The van der Waals surface area contributed by atoms with Crippen LogP contribution >= 0.6 is 0 Å². The van der Waals surface area contributed by atoms with Crippen LogP contribution in [0.5, 0.6) is 0 Å². The Kier molecular flexibility index (Phi) is 10.0. The highest BCUT2D eigenvalue weighted by molar-refractivity contribution is 6.00. The van der Waals surface area contributed by atoms with E-state index in [1.807, 2.05) is 12.2 Å². The van der Waals surface area contributed by atoms with Gasteiger partial charge in [-0.05, 0) is 58.1 Å². The number of esters is 1. The van der Waals surface area contributed by atoms with Gasteiger partial charge in [-0.25, -0.2) is 18.8 Å². The number of rotatable bonds is 3. The Hall–Kier alpha value is -4.29. The Morgan fingerprint density at radius 2 is 1.91 bits per heavy atom. The van der Waals surface area contributed by atoms with Crippen molar-refractivity contribution in [1.82, 2.24) is 15.1 Å². The standard InChI is InChI=1S/C34H43FN4O8/c1-33(2,3)47-31(43)36-17-21-11-8-6-5-7-9-13-23-16-34(23,30(42)45-4)37-28(40)27-15-24(19-39(27)29(21)41)46-32(44)38-18-22-12-10-14-26(35)25(22)20-38/h9-10,12-14,17,21,23-24,27H,5-8,11,15-16,18-20H2,1-4H3,(H,37,40)/b13-9-,36-17?/t21?,23-,24-,27+,34?/m1/s1. The SMILES string of the molecule is COC(=O)C12C[C@H]1/C=C\CCCCCC(C=NC(=O)OC(C)(C)C)C(=O)N1C[C@H](OC(=O)N3Cc4cccc(F)c4C3)C[C@H]1C(=O)N2. The van der Waals surface area contributed by atoms with E-state index in [0.717, 1.165) is 19.3 Å². The minimum Gasteiger partial charge on any atom is -0.467 e. The van der Waals surface area contributed by atoms with Gasteiger partial charge in [0.25, 0.3) is 0 Å². The van der Waals surface area contributed by atoms with Crippen LogP contribution in [0.1, 0.15) is 76.8 Å². The molecule has 3 heterocycles. The van der Waals surface area contributed by atoms with Gasteiger partial charge in [0, 0.05) is 30.7 Å². The quantitative estimate of drug-likeness (QED) is 0.218. The molecular formula is C34H43FN4O8. The fourth-order valence-electron chi connectivity index (χ4n) is 6.51. The molecule has 1 aromatic rings. The third kappa shape index (κ3) is 7.82. The van der Waals surface area contributed by atoms with Gasteiger partial charge in [-0.2, -0.15) is 4.99 Å². The number of hydrogen-bond donors (Lipinski definition) is 1. The van der Waals surface area contributed by atoms with Crippen molar-refractivity contribution in [3.63, 3.8) is 0 Å². The van der Waals surface area contributed by atoms with Crippen LogP contribution in [-0.2, 0) is 41.7 Å². The molecule has 4 amide bonds. The number of nitrogens with zero attached hydrogens (tertiary/aromatic N) is 3. The number of halogens is 1. The summed E-state index contributed by atoms with van der Waals surface area (Å²) in [5.74, 6) is -3.13. The lowest BCUT2D eigenvalue weighted by atomic mass is 9.99. The number of nitrogens with one attached hydrogen (secondary N) is 1. The molecule has 0 radical (unpaired) electrons. The van der Waals surface area contributed by atoms with Crippen LogP contribution in [0.25, 0.3) is 0 Å². The molecular weight excluding hydrogens is 611 g/mol. The van der Waals surface area contributed by atoms with E-state index in [4.69, 9.17) is 14.2 Å². The van der Waals surface area contributed by atoms with E-state index in [1.54, 1.807) is 32.9 Å². The van der Waals surface area contributed by atoms with Crippen molar-refractivity contribution in [1.29, 1.82) is 0 Å². The van der Waals surface area contributed by atoms with E-state index >= 15 is 0 Å². The number of methoxy groups -OCH3 is 1.